The summed E-state index contributed by atoms with van der Waals surface area (Å²) in [6.45, 7) is 5.67. The second kappa shape index (κ2) is 5.38. The Morgan fingerprint density at radius 2 is 2.33 bits per heavy atom. The molecule has 0 amide bonds. The maximum atomic E-state index is 12.2. The van der Waals surface area contributed by atoms with E-state index in [1.165, 1.54) is 6.20 Å². The van der Waals surface area contributed by atoms with Crippen LogP contribution >= 0.6 is 0 Å². The van der Waals surface area contributed by atoms with Crippen LogP contribution in [0.3, 0.4) is 0 Å². The summed E-state index contributed by atoms with van der Waals surface area (Å²) in [6.07, 6.45) is 2.89. The molecule has 0 aromatic carbocycles. The van der Waals surface area contributed by atoms with Gasteiger partial charge >= 0.3 is 0 Å². The van der Waals surface area contributed by atoms with Crippen molar-refractivity contribution in [3.8, 4) is 0 Å². The molecule has 2 unspecified atom stereocenters. The molecule has 0 radical (unpaired) electrons. The van der Waals surface area contributed by atoms with E-state index in [9.17, 15) is 8.42 Å². The summed E-state index contributed by atoms with van der Waals surface area (Å²) < 4.78 is 27.1. The lowest BCUT2D eigenvalue weighted by Gasteiger charge is -2.29. The molecule has 0 aliphatic carbocycles. The molecule has 7 heteroatoms. The van der Waals surface area contributed by atoms with Crippen molar-refractivity contribution in [3.63, 3.8) is 0 Å². The number of sulfonamides is 1. The minimum Gasteiger partial charge on any atom is -0.332 e. The van der Waals surface area contributed by atoms with Crippen LogP contribution in [0.25, 0.3) is 0 Å². The van der Waals surface area contributed by atoms with E-state index < -0.39 is 10.0 Å². The van der Waals surface area contributed by atoms with Gasteiger partial charge in [0.15, 0.2) is 5.03 Å². The highest BCUT2D eigenvalue weighted by molar-refractivity contribution is 7.89. The fourth-order valence-electron chi connectivity index (χ4n) is 2.11. The number of hydrogen-bond acceptors (Lipinski definition) is 4. The smallest absolute Gasteiger partial charge is 0.257 e. The number of aromatic nitrogens is 2. The Bertz CT molecular complexity index is 497. The normalized spacial score (nSPS) is 25.2. The summed E-state index contributed by atoms with van der Waals surface area (Å²) in [5, 5.41) is 3.41. The van der Waals surface area contributed by atoms with Crippen molar-refractivity contribution in [2.45, 2.75) is 37.8 Å². The van der Waals surface area contributed by atoms with Crippen LogP contribution in [0.1, 0.15) is 26.1 Å². The first-order valence-corrected chi connectivity index (χ1v) is 7.78. The van der Waals surface area contributed by atoms with Crippen LogP contribution in [0, 0.1) is 5.92 Å². The molecule has 1 fully saturated rings. The molecule has 102 valence electrons. The van der Waals surface area contributed by atoms with Gasteiger partial charge in [-0.25, -0.2) is 18.1 Å². The molecule has 0 bridgehead atoms. The third-order valence-electron chi connectivity index (χ3n) is 3.32. The molecule has 6 nitrogen and oxygen atoms in total. The van der Waals surface area contributed by atoms with E-state index in [1.54, 1.807) is 0 Å². The molecule has 1 saturated heterocycles. The first-order valence-electron chi connectivity index (χ1n) is 6.30. The van der Waals surface area contributed by atoms with Crippen LogP contribution in [0.4, 0.5) is 0 Å². The zero-order valence-corrected chi connectivity index (χ0v) is 11.5. The van der Waals surface area contributed by atoms with Crippen LogP contribution in [0.5, 0.6) is 0 Å². The Labute approximate surface area is 108 Å². The molecule has 2 atom stereocenters. The van der Waals surface area contributed by atoms with Gasteiger partial charge in [0.05, 0.1) is 6.20 Å². The maximum Gasteiger partial charge on any atom is 0.257 e. The molecule has 18 heavy (non-hydrogen) atoms. The number of aryl methyl sites for hydroxylation is 1. The third kappa shape index (κ3) is 2.90. The molecular weight excluding hydrogens is 252 g/mol. The van der Waals surface area contributed by atoms with Gasteiger partial charge in [0.25, 0.3) is 10.0 Å². The Hall–Kier alpha value is -0.920. The van der Waals surface area contributed by atoms with E-state index in [0.29, 0.717) is 18.2 Å². The summed E-state index contributed by atoms with van der Waals surface area (Å²) in [5.74, 6) is 0.982. The standard InChI is InChI=1S/C11H20N4O2S/c1-3-10-13-7-11(14-10)18(16,17)15-9-4-5-12-6-8(9)2/h7-9,12,15H,3-6H2,1-2H3,(H,13,14). The number of nitrogens with zero attached hydrogens (tertiary/aromatic N) is 1. The fourth-order valence-corrected chi connectivity index (χ4v) is 3.43. The zero-order valence-electron chi connectivity index (χ0n) is 10.7. The largest absolute Gasteiger partial charge is 0.332 e. The van der Waals surface area contributed by atoms with Gasteiger partial charge in [-0.3, -0.25) is 0 Å². The van der Waals surface area contributed by atoms with Gasteiger partial charge in [0, 0.05) is 12.5 Å². The van der Waals surface area contributed by atoms with Crippen LogP contribution in [-0.2, 0) is 16.4 Å². The lowest BCUT2D eigenvalue weighted by molar-refractivity contribution is 0.328. The van der Waals surface area contributed by atoms with Crippen LogP contribution < -0.4 is 10.0 Å². The molecule has 1 aliphatic rings. The summed E-state index contributed by atoms with van der Waals surface area (Å²) in [5.41, 5.74) is 0. The Morgan fingerprint density at radius 3 is 2.94 bits per heavy atom. The maximum absolute atomic E-state index is 12.2. The number of nitrogens with one attached hydrogen (secondary N) is 3. The lowest BCUT2D eigenvalue weighted by atomic mass is 9.97. The van der Waals surface area contributed by atoms with E-state index in [1.807, 2.05) is 13.8 Å². The average molecular weight is 272 g/mol. The van der Waals surface area contributed by atoms with E-state index in [2.05, 4.69) is 20.0 Å². The zero-order chi connectivity index (χ0) is 13.2. The van der Waals surface area contributed by atoms with Crippen LogP contribution in [0.2, 0.25) is 0 Å². The van der Waals surface area contributed by atoms with Crippen molar-refractivity contribution in [2.75, 3.05) is 13.1 Å². The van der Waals surface area contributed by atoms with Gasteiger partial charge in [-0.05, 0) is 25.4 Å². The highest BCUT2D eigenvalue weighted by Gasteiger charge is 2.27. The van der Waals surface area contributed by atoms with E-state index >= 15 is 0 Å². The fraction of sp³-hybridized carbons (Fsp3) is 0.727. The van der Waals surface area contributed by atoms with Gasteiger partial charge in [-0.2, -0.15) is 0 Å². The minimum absolute atomic E-state index is 0.00961. The highest BCUT2D eigenvalue weighted by Crippen LogP contribution is 2.14. The molecule has 1 aromatic heterocycles. The van der Waals surface area contributed by atoms with Crippen molar-refractivity contribution in [1.29, 1.82) is 0 Å². The molecular formula is C11H20N4O2S. The molecule has 3 N–H and O–H groups in total. The molecule has 1 aromatic rings. The Balaban J connectivity index is 2.11. The summed E-state index contributed by atoms with van der Waals surface area (Å²) in [6, 6.07) is -0.00961. The number of hydrogen-bond donors (Lipinski definition) is 3. The number of aromatic amines is 1. The molecule has 1 aliphatic heterocycles. The topological polar surface area (TPSA) is 86.9 Å². The lowest BCUT2D eigenvalue weighted by Crippen LogP contribution is -2.48. The predicted octanol–water partition coefficient (Wildman–Crippen LogP) is 0.248. The van der Waals surface area contributed by atoms with Gasteiger partial charge in [-0.1, -0.05) is 13.8 Å². The first-order chi connectivity index (χ1) is 8.53. The molecule has 0 spiro atoms. The summed E-state index contributed by atoms with van der Waals surface area (Å²) in [4.78, 5) is 6.86. The third-order valence-corrected chi connectivity index (χ3v) is 4.72. The van der Waals surface area contributed by atoms with Crippen molar-refractivity contribution < 1.29 is 8.42 Å². The first kappa shape index (κ1) is 13.5. The second-order valence-electron chi connectivity index (χ2n) is 4.75. The van der Waals surface area contributed by atoms with Gasteiger partial charge in [0.2, 0.25) is 0 Å². The molecule has 2 heterocycles. The minimum atomic E-state index is -3.48. The van der Waals surface area contributed by atoms with E-state index in [0.717, 1.165) is 19.5 Å². The van der Waals surface area contributed by atoms with Crippen molar-refractivity contribution in [1.82, 2.24) is 20.0 Å². The Morgan fingerprint density at radius 1 is 1.56 bits per heavy atom. The predicted molar refractivity (Wildman–Crippen MR) is 68.7 cm³/mol. The summed E-state index contributed by atoms with van der Waals surface area (Å²) in [7, 11) is -3.48. The van der Waals surface area contributed by atoms with Gasteiger partial charge < -0.3 is 10.3 Å². The van der Waals surface area contributed by atoms with E-state index in [4.69, 9.17) is 0 Å². The monoisotopic (exact) mass is 272 g/mol. The number of H-pyrrole nitrogens is 1. The second-order valence-corrected chi connectivity index (χ2v) is 6.43. The SMILES string of the molecule is CCc1ncc(S(=O)(=O)NC2CCNCC2C)[nH]1. The van der Waals surface area contributed by atoms with Gasteiger partial charge in [-0.15, -0.1) is 0 Å². The van der Waals surface area contributed by atoms with Crippen molar-refractivity contribution in [3.05, 3.63) is 12.0 Å². The number of rotatable bonds is 4. The van der Waals surface area contributed by atoms with Gasteiger partial charge in [0.1, 0.15) is 5.82 Å². The Kier molecular flexibility index (Phi) is 4.04. The number of imidazole rings is 1. The summed E-state index contributed by atoms with van der Waals surface area (Å²) >= 11 is 0. The number of piperidine rings is 1. The van der Waals surface area contributed by atoms with Crippen molar-refractivity contribution in [2.24, 2.45) is 5.92 Å². The van der Waals surface area contributed by atoms with Crippen LogP contribution in [0.15, 0.2) is 11.2 Å². The molecule has 2 rings (SSSR count). The van der Waals surface area contributed by atoms with E-state index in [-0.39, 0.29) is 11.1 Å². The quantitative estimate of drug-likeness (QED) is 0.733. The van der Waals surface area contributed by atoms with Crippen LogP contribution in [-0.4, -0.2) is 37.5 Å². The average Bonchev–Trinajstić information content (AvgIpc) is 2.81. The molecule has 0 saturated carbocycles. The van der Waals surface area contributed by atoms with Crippen molar-refractivity contribution >= 4 is 10.0 Å². The highest BCUT2D eigenvalue weighted by atomic mass is 32.2.